The third-order valence-electron chi connectivity index (χ3n) is 6.01. The largest absolute Gasteiger partial charge is 0.443 e. The second kappa shape index (κ2) is 8.95. The Balaban J connectivity index is 1.56. The number of fused-ring (bicyclic) bond motifs is 1. The predicted octanol–water partition coefficient (Wildman–Crippen LogP) is 3.47. The molecule has 1 amide bonds. The molecule has 168 valence electrons. The van der Waals surface area contributed by atoms with Gasteiger partial charge in [-0.3, -0.25) is 9.78 Å². The molecule has 0 unspecified atom stereocenters. The zero-order valence-electron chi connectivity index (χ0n) is 18.2. The number of methoxy groups -OCH3 is 1. The van der Waals surface area contributed by atoms with Gasteiger partial charge in [-0.2, -0.15) is 0 Å². The van der Waals surface area contributed by atoms with Crippen LogP contribution in [0.25, 0.3) is 33.7 Å². The molecule has 0 radical (unpaired) electrons. The summed E-state index contributed by atoms with van der Waals surface area (Å²) in [6.45, 7) is 0.603. The minimum absolute atomic E-state index is 0.0141. The molecule has 1 aliphatic carbocycles. The van der Waals surface area contributed by atoms with Crippen LogP contribution in [-0.2, 0) is 4.74 Å². The Morgan fingerprint density at radius 1 is 1.18 bits per heavy atom. The van der Waals surface area contributed by atoms with Crippen molar-refractivity contribution in [3.8, 4) is 22.8 Å². The van der Waals surface area contributed by atoms with E-state index in [4.69, 9.17) is 14.9 Å². The van der Waals surface area contributed by atoms with E-state index in [0.29, 0.717) is 18.0 Å². The molecule has 0 spiro atoms. The van der Waals surface area contributed by atoms with E-state index < -0.39 is 0 Å². The van der Waals surface area contributed by atoms with Crippen molar-refractivity contribution in [1.82, 2.24) is 25.3 Å². The van der Waals surface area contributed by atoms with Gasteiger partial charge in [-0.05, 0) is 31.0 Å². The first-order valence-corrected chi connectivity index (χ1v) is 10.9. The SMILES string of the molecule is COC[C@H]1CCC[C@H]1NC(=O)c1nc(-c2ccc3ncccc3c2)c(-c2ncco2)nc1N. The van der Waals surface area contributed by atoms with Gasteiger partial charge in [0.05, 0.1) is 18.3 Å². The number of hydrogen-bond acceptors (Lipinski definition) is 8. The van der Waals surface area contributed by atoms with Crippen LogP contribution in [0, 0.1) is 5.92 Å². The summed E-state index contributed by atoms with van der Waals surface area (Å²) < 4.78 is 10.8. The molecule has 2 atom stereocenters. The van der Waals surface area contributed by atoms with Crippen LogP contribution in [-0.4, -0.2) is 45.6 Å². The average molecular weight is 444 g/mol. The van der Waals surface area contributed by atoms with Gasteiger partial charge in [0.25, 0.3) is 5.91 Å². The highest BCUT2D eigenvalue weighted by Crippen LogP contribution is 2.32. The number of aromatic nitrogens is 4. The number of rotatable bonds is 6. The number of ether oxygens (including phenoxy) is 1. The number of carbonyl (C=O) groups is 1. The maximum absolute atomic E-state index is 13.2. The van der Waals surface area contributed by atoms with Gasteiger partial charge < -0.3 is 20.2 Å². The van der Waals surface area contributed by atoms with Crippen LogP contribution >= 0.6 is 0 Å². The topological polar surface area (TPSA) is 129 Å². The summed E-state index contributed by atoms with van der Waals surface area (Å²) in [5.41, 5.74) is 8.71. The van der Waals surface area contributed by atoms with Gasteiger partial charge in [-0.15, -0.1) is 0 Å². The normalized spacial score (nSPS) is 18.0. The van der Waals surface area contributed by atoms with Crippen LogP contribution in [0.5, 0.6) is 0 Å². The molecule has 1 saturated carbocycles. The number of nitrogens with zero attached hydrogens (tertiary/aromatic N) is 4. The second-order valence-electron chi connectivity index (χ2n) is 8.13. The quantitative estimate of drug-likeness (QED) is 0.462. The van der Waals surface area contributed by atoms with Crippen molar-refractivity contribution >= 4 is 22.6 Å². The summed E-state index contributed by atoms with van der Waals surface area (Å²) in [7, 11) is 1.67. The van der Waals surface area contributed by atoms with Gasteiger partial charge in [0, 0.05) is 36.2 Å². The molecule has 0 aliphatic heterocycles. The van der Waals surface area contributed by atoms with E-state index in [-0.39, 0.29) is 35.3 Å². The molecule has 1 fully saturated rings. The maximum Gasteiger partial charge on any atom is 0.273 e. The summed E-state index contributed by atoms with van der Waals surface area (Å²) in [5, 5.41) is 4.02. The molecule has 1 aliphatic rings. The third-order valence-corrected chi connectivity index (χ3v) is 6.01. The molecule has 33 heavy (non-hydrogen) atoms. The predicted molar refractivity (Wildman–Crippen MR) is 123 cm³/mol. The molecule has 5 rings (SSSR count). The lowest BCUT2D eigenvalue weighted by molar-refractivity contribution is 0.0894. The van der Waals surface area contributed by atoms with E-state index in [1.54, 1.807) is 13.3 Å². The van der Waals surface area contributed by atoms with Crippen molar-refractivity contribution in [3.63, 3.8) is 0 Å². The lowest BCUT2D eigenvalue weighted by atomic mass is 10.0. The lowest BCUT2D eigenvalue weighted by Crippen LogP contribution is -2.39. The molecule has 3 aromatic heterocycles. The Hall–Kier alpha value is -3.85. The highest BCUT2D eigenvalue weighted by Gasteiger charge is 2.30. The summed E-state index contributed by atoms with van der Waals surface area (Å²) in [4.78, 5) is 30.9. The molecular weight excluding hydrogens is 420 g/mol. The van der Waals surface area contributed by atoms with Crippen LogP contribution in [0.3, 0.4) is 0 Å². The molecular formula is C24H24N6O3. The van der Waals surface area contributed by atoms with Gasteiger partial charge in [0.15, 0.2) is 17.2 Å². The van der Waals surface area contributed by atoms with Crippen LogP contribution in [0.1, 0.15) is 29.8 Å². The van der Waals surface area contributed by atoms with E-state index in [2.05, 4.69) is 25.3 Å². The first-order valence-electron chi connectivity index (χ1n) is 10.9. The Morgan fingerprint density at radius 2 is 2.09 bits per heavy atom. The summed E-state index contributed by atoms with van der Waals surface area (Å²) in [6.07, 6.45) is 7.67. The molecule has 4 aromatic rings. The van der Waals surface area contributed by atoms with Gasteiger partial charge in [-0.1, -0.05) is 18.6 Å². The van der Waals surface area contributed by atoms with Crippen molar-refractivity contribution in [2.45, 2.75) is 25.3 Å². The monoisotopic (exact) mass is 444 g/mol. The number of carbonyl (C=O) groups excluding carboxylic acids is 1. The fraction of sp³-hybridized carbons (Fsp3) is 0.292. The molecule has 0 saturated heterocycles. The number of oxazole rings is 1. The standard InChI is InChI=1S/C24H24N6O3/c1-32-13-16-4-2-6-18(16)28-23(31)21-22(25)30-20(24-27-10-11-33-24)19(29-21)15-7-8-17-14(12-15)5-3-9-26-17/h3,5,7-12,16,18H,2,4,6,13H2,1H3,(H2,25,30)(H,28,31)/t16-,18-/m1/s1. The van der Waals surface area contributed by atoms with Gasteiger partial charge in [-0.25, -0.2) is 15.0 Å². The van der Waals surface area contributed by atoms with Crippen LogP contribution in [0.4, 0.5) is 5.82 Å². The number of amides is 1. The number of benzene rings is 1. The minimum atomic E-state index is -0.351. The van der Waals surface area contributed by atoms with Crippen molar-refractivity contribution in [2.75, 3.05) is 19.5 Å². The summed E-state index contributed by atoms with van der Waals surface area (Å²) >= 11 is 0. The lowest BCUT2D eigenvalue weighted by Gasteiger charge is -2.20. The molecule has 9 heteroatoms. The van der Waals surface area contributed by atoms with Gasteiger partial charge in [0.2, 0.25) is 5.89 Å². The second-order valence-corrected chi connectivity index (χ2v) is 8.13. The maximum atomic E-state index is 13.2. The molecule has 3 N–H and O–H groups in total. The number of nitrogen functional groups attached to an aromatic ring is 1. The Labute approximate surface area is 190 Å². The van der Waals surface area contributed by atoms with Gasteiger partial charge >= 0.3 is 0 Å². The first-order chi connectivity index (χ1) is 16.1. The number of anilines is 1. The van der Waals surface area contributed by atoms with E-state index in [1.807, 2.05) is 30.3 Å². The van der Waals surface area contributed by atoms with E-state index in [9.17, 15) is 4.79 Å². The van der Waals surface area contributed by atoms with Crippen LogP contribution in [0.15, 0.2) is 53.4 Å². The molecule has 9 nitrogen and oxygen atoms in total. The van der Waals surface area contributed by atoms with E-state index in [0.717, 1.165) is 35.7 Å². The third kappa shape index (κ3) is 4.14. The highest BCUT2D eigenvalue weighted by atomic mass is 16.5. The van der Waals surface area contributed by atoms with Crippen LogP contribution < -0.4 is 11.1 Å². The Morgan fingerprint density at radius 3 is 2.91 bits per heavy atom. The number of nitrogens with one attached hydrogen (secondary N) is 1. The first kappa shape index (κ1) is 21.0. The highest BCUT2D eigenvalue weighted by molar-refractivity contribution is 5.98. The zero-order valence-corrected chi connectivity index (χ0v) is 18.2. The number of hydrogen-bond donors (Lipinski definition) is 2. The van der Waals surface area contributed by atoms with Gasteiger partial charge in [0.1, 0.15) is 12.0 Å². The Kier molecular flexibility index (Phi) is 5.70. The van der Waals surface area contributed by atoms with Crippen LogP contribution in [0.2, 0.25) is 0 Å². The molecule has 0 bridgehead atoms. The van der Waals surface area contributed by atoms with Crippen molar-refractivity contribution < 1.29 is 13.9 Å². The zero-order chi connectivity index (χ0) is 22.8. The number of pyridine rings is 1. The summed E-state index contributed by atoms with van der Waals surface area (Å²) in [6, 6.07) is 9.57. The average Bonchev–Trinajstić information content (AvgIpc) is 3.51. The smallest absolute Gasteiger partial charge is 0.273 e. The van der Waals surface area contributed by atoms with E-state index >= 15 is 0 Å². The molecule has 3 heterocycles. The number of nitrogens with two attached hydrogens (primary N) is 1. The minimum Gasteiger partial charge on any atom is -0.443 e. The fourth-order valence-electron chi connectivity index (χ4n) is 4.41. The summed E-state index contributed by atoms with van der Waals surface area (Å²) in [5.74, 6) is 0.217. The van der Waals surface area contributed by atoms with E-state index in [1.165, 1.54) is 12.5 Å². The molecule has 1 aromatic carbocycles. The van der Waals surface area contributed by atoms with Crippen molar-refractivity contribution in [1.29, 1.82) is 0 Å². The van der Waals surface area contributed by atoms with Crippen molar-refractivity contribution in [3.05, 3.63) is 54.7 Å². The van der Waals surface area contributed by atoms with Crippen molar-refractivity contribution in [2.24, 2.45) is 5.92 Å². The Bertz CT molecular complexity index is 1290. The fourth-order valence-corrected chi connectivity index (χ4v) is 4.41.